The van der Waals surface area contributed by atoms with E-state index in [9.17, 15) is 10.1 Å². The highest BCUT2D eigenvalue weighted by Crippen LogP contribution is 2.19. The molecule has 0 bridgehead atoms. The molecule has 1 atom stereocenters. The number of carbonyl (C=O) groups excluding carboxylic acids is 1. The lowest BCUT2D eigenvalue weighted by Gasteiger charge is -2.23. The predicted octanol–water partition coefficient (Wildman–Crippen LogP) is 2.84. The minimum Gasteiger partial charge on any atom is -0.378 e. The smallest absolute Gasteiger partial charge is 0.240 e. The number of hydrogen-bond acceptors (Lipinski definition) is 3. The average Bonchev–Trinajstić information content (AvgIpc) is 2.81. The molecule has 1 aromatic carbocycles. The molecule has 0 spiro atoms. The van der Waals surface area contributed by atoms with Gasteiger partial charge in [0.05, 0.1) is 6.07 Å². The van der Waals surface area contributed by atoms with Crippen LogP contribution in [0.1, 0.15) is 31.2 Å². The molecule has 0 N–H and O–H groups in total. The topological polar surface area (TPSA) is 47.3 Å². The van der Waals surface area contributed by atoms with Gasteiger partial charge in [0.15, 0.2) is 0 Å². The standard InChI is InChI=1S/C18H25N3O/c1-20(2)17-9-7-8-15(13-17)12-16(14-19)18(22)21-10-5-3-4-6-11-21/h7-9,13,16H,3-6,10-12H2,1-2H3. The first kappa shape index (κ1) is 16.4. The van der Waals surface area contributed by atoms with Crippen molar-refractivity contribution in [2.75, 3.05) is 32.1 Å². The van der Waals surface area contributed by atoms with Gasteiger partial charge in [0.25, 0.3) is 0 Å². The molecule has 118 valence electrons. The van der Waals surface area contributed by atoms with Gasteiger partial charge >= 0.3 is 0 Å². The number of nitrogens with zero attached hydrogens (tertiary/aromatic N) is 3. The first-order valence-electron chi connectivity index (χ1n) is 8.06. The molecule has 1 heterocycles. The van der Waals surface area contributed by atoms with Gasteiger partial charge in [-0.25, -0.2) is 0 Å². The van der Waals surface area contributed by atoms with Crippen molar-refractivity contribution < 1.29 is 4.79 Å². The Labute approximate surface area is 133 Å². The number of anilines is 1. The van der Waals surface area contributed by atoms with Gasteiger partial charge in [-0.2, -0.15) is 5.26 Å². The highest BCUT2D eigenvalue weighted by atomic mass is 16.2. The fourth-order valence-electron chi connectivity index (χ4n) is 2.90. The summed E-state index contributed by atoms with van der Waals surface area (Å²) >= 11 is 0. The summed E-state index contributed by atoms with van der Waals surface area (Å²) in [5.41, 5.74) is 2.14. The summed E-state index contributed by atoms with van der Waals surface area (Å²) in [5.74, 6) is -0.574. The molecule has 1 aliphatic heterocycles. The normalized spacial score (nSPS) is 16.5. The van der Waals surface area contributed by atoms with Gasteiger partial charge in [-0.05, 0) is 37.0 Å². The van der Waals surface area contributed by atoms with E-state index in [1.165, 1.54) is 12.8 Å². The Kier molecular flexibility index (Phi) is 5.83. The van der Waals surface area contributed by atoms with Crippen LogP contribution in [0.3, 0.4) is 0 Å². The van der Waals surface area contributed by atoms with Crippen LogP contribution < -0.4 is 4.90 Å². The summed E-state index contributed by atoms with van der Waals surface area (Å²) in [7, 11) is 3.98. The van der Waals surface area contributed by atoms with Gasteiger partial charge in [0.1, 0.15) is 5.92 Å². The summed E-state index contributed by atoms with van der Waals surface area (Å²) in [6.07, 6.45) is 4.98. The Balaban J connectivity index is 2.06. The lowest BCUT2D eigenvalue weighted by molar-refractivity contribution is -0.133. The Morgan fingerprint density at radius 1 is 1.27 bits per heavy atom. The van der Waals surface area contributed by atoms with E-state index in [1.54, 1.807) is 0 Å². The first-order valence-corrected chi connectivity index (χ1v) is 8.06. The van der Waals surface area contributed by atoms with Crippen LogP contribution in [0.5, 0.6) is 0 Å². The van der Waals surface area contributed by atoms with Crippen LogP contribution in [0.2, 0.25) is 0 Å². The highest BCUT2D eigenvalue weighted by Gasteiger charge is 2.25. The van der Waals surface area contributed by atoms with Gasteiger partial charge in [-0.3, -0.25) is 4.79 Å². The van der Waals surface area contributed by atoms with E-state index >= 15 is 0 Å². The third kappa shape index (κ3) is 4.24. The molecule has 1 saturated heterocycles. The zero-order valence-corrected chi connectivity index (χ0v) is 13.6. The Morgan fingerprint density at radius 2 is 1.95 bits per heavy atom. The molecule has 0 saturated carbocycles. The minimum absolute atomic E-state index is 0.000318. The molecule has 0 aromatic heterocycles. The fourth-order valence-corrected chi connectivity index (χ4v) is 2.90. The largest absolute Gasteiger partial charge is 0.378 e. The molecular formula is C18H25N3O. The van der Waals surface area contributed by atoms with Crippen molar-refractivity contribution in [2.45, 2.75) is 32.1 Å². The predicted molar refractivity (Wildman–Crippen MR) is 88.6 cm³/mol. The average molecular weight is 299 g/mol. The van der Waals surface area contributed by atoms with E-state index in [2.05, 4.69) is 12.1 Å². The van der Waals surface area contributed by atoms with Crippen LogP contribution in [-0.2, 0) is 11.2 Å². The minimum atomic E-state index is -0.574. The molecule has 1 unspecified atom stereocenters. The molecule has 0 radical (unpaired) electrons. The van der Waals surface area contributed by atoms with E-state index in [0.29, 0.717) is 6.42 Å². The zero-order chi connectivity index (χ0) is 15.9. The summed E-state index contributed by atoms with van der Waals surface area (Å²) in [5, 5.41) is 9.43. The molecule has 2 rings (SSSR count). The number of likely N-dealkylation sites (tertiary alicyclic amines) is 1. The molecule has 1 aromatic rings. The first-order chi connectivity index (χ1) is 10.6. The number of amides is 1. The van der Waals surface area contributed by atoms with E-state index in [-0.39, 0.29) is 5.91 Å². The molecule has 0 aliphatic carbocycles. The van der Waals surface area contributed by atoms with Crippen molar-refractivity contribution in [1.29, 1.82) is 5.26 Å². The van der Waals surface area contributed by atoms with Crippen LogP contribution in [0.25, 0.3) is 0 Å². The summed E-state index contributed by atoms with van der Waals surface area (Å²) < 4.78 is 0. The third-order valence-corrected chi connectivity index (χ3v) is 4.24. The molecule has 4 nitrogen and oxygen atoms in total. The van der Waals surface area contributed by atoms with E-state index in [4.69, 9.17) is 0 Å². The summed E-state index contributed by atoms with van der Waals surface area (Å²) in [4.78, 5) is 16.5. The van der Waals surface area contributed by atoms with Crippen LogP contribution >= 0.6 is 0 Å². The summed E-state index contributed by atoms with van der Waals surface area (Å²) in [6, 6.07) is 10.3. The fraction of sp³-hybridized carbons (Fsp3) is 0.556. The second kappa shape index (κ2) is 7.84. The molecule has 4 heteroatoms. The van der Waals surface area contributed by atoms with E-state index < -0.39 is 5.92 Å². The third-order valence-electron chi connectivity index (χ3n) is 4.24. The lowest BCUT2D eigenvalue weighted by atomic mass is 9.98. The van der Waals surface area contributed by atoms with Gasteiger partial charge in [0.2, 0.25) is 5.91 Å². The second-order valence-corrected chi connectivity index (χ2v) is 6.19. The van der Waals surface area contributed by atoms with Crippen molar-refractivity contribution in [3.63, 3.8) is 0 Å². The van der Waals surface area contributed by atoms with Gasteiger partial charge in [-0.15, -0.1) is 0 Å². The van der Waals surface area contributed by atoms with Crippen LogP contribution in [-0.4, -0.2) is 38.0 Å². The maximum atomic E-state index is 12.6. The Bertz CT molecular complexity index is 540. The van der Waals surface area contributed by atoms with Crippen LogP contribution in [0.15, 0.2) is 24.3 Å². The van der Waals surface area contributed by atoms with E-state index in [0.717, 1.165) is 37.2 Å². The monoisotopic (exact) mass is 299 g/mol. The number of nitriles is 1. The van der Waals surface area contributed by atoms with Crippen LogP contribution in [0.4, 0.5) is 5.69 Å². The van der Waals surface area contributed by atoms with Gasteiger partial charge in [-0.1, -0.05) is 25.0 Å². The molecule has 1 amide bonds. The van der Waals surface area contributed by atoms with Crippen molar-refractivity contribution in [2.24, 2.45) is 5.92 Å². The zero-order valence-electron chi connectivity index (χ0n) is 13.6. The number of carbonyl (C=O) groups is 1. The van der Waals surface area contributed by atoms with Crippen molar-refractivity contribution in [1.82, 2.24) is 4.90 Å². The quantitative estimate of drug-likeness (QED) is 0.859. The Morgan fingerprint density at radius 3 is 2.55 bits per heavy atom. The Hall–Kier alpha value is -2.02. The highest BCUT2D eigenvalue weighted by molar-refractivity contribution is 5.81. The van der Waals surface area contributed by atoms with Crippen molar-refractivity contribution in [3.8, 4) is 6.07 Å². The lowest BCUT2D eigenvalue weighted by Crippen LogP contribution is -2.37. The number of rotatable bonds is 4. The SMILES string of the molecule is CN(C)c1cccc(CC(C#N)C(=O)N2CCCCCC2)c1. The maximum Gasteiger partial charge on any atom is 0.240 e. The van der Waals surface area contributed by atoms with Crippen molar-refractivity contribution >= 4 is 11.6 Å². The van der Waals surface area contributed by atoms with Crippen LogP contribution in [0, 0.1) is 17.2 Å². The second-order valence-electron chi connectivity index (χ2n) is 6.19. The molecular weight excluding hydrogens is 274 g/mol. The molecule has 1 fully saturated rings. The van der Waals surface area contributed by atoms with Gasteiger partial charge < -0.3 is 9.80 Å². The van der Waals surface area contributed by atoms with E-state index in [1.807, 2.05) is 42.1 Å². The summed E-state index contributed by atoms with van der Waals surface area (Å²) in [6.45, 7) is 1.60. The number of benzene rings is 1. The van der Waals surface area contributed by atoms with Crippen molar-refractivity contribution in [3.05, 3.63) is 29.8 Å². The number of hydrogen-bond donors (Lipinski definition) is 0. The maximum absolute atomic E-state index is 12.6. The molecule has 1 aliphatic rings. The van der Waals surface area contributed by atoms with Gasteiger partial charge in [0, 0.05) is 32.9 Å². The molecule has 22 heavy (non-hydrogen) atoms.